The molecular formula is C15H22N2O4. The fraction of sp³-hybridized carbons (Fsp3) is 0.533. The molecule has 1 aromatic carbocycles. The van der Waals surface area contributed by atoms with Crippen molar-refractivity contribution in [2.45, 2.75) is 12.5 Å². The monoisotopic (exact) mass is 294 g/mol. The summed E-state index contributed by atoms with van der Waals surface area (Å²) in [5, 5.41) is 5.99. The van der Waals surface area contributed by atoms with Crippen molar-refractivity contribution < 1.29 is 19.0 Å². The van der Waals surface area contributed by atoms with Crippen molar-refractivity contribution in [2.24, 2.45) is 0 Å². The molecule has 116 valence electrons. The number of nitrogens with one attached hydrogen (secondary N) is 2. The van der Waals surface area contributed by atoms with Crippen LogP contribution in [0.5, 0.6) is 5.75 Å². The predicted octanol–water partition coefficient (Wildman–Crippen LogP) is 1.03. The first-order valence-electron chi connectivity index (χ1n) is 7.13. The summed E-state index contributed by atoms with van der Waals surface area (Å²) in [5.74, 6) is 0.642. The van der Waals surface area contributed by atoms with Crippen LogP contribution < -0.4 is 15.4 Å². The summed E-state index contributed by atoms with van der Waals surface area (Å²) in [6, 6.07) is 7.07. The normalized spacial score (nSPS) is 18.2. The van der Waals surface area contributed by atoms with Crippen LogP contribution in [-0.4, -0.2) is 52.0 Å². The lowest BCUT2D eigenvalue weighted by Crippen LogP contribution is -2.48. The summed E-state index contributed by atoms with van der Waals surface area (Å²) >= 11 is 0. The number of carbonyl (C=O) groups is 1. The molecule has 21 heavy (non-hydrogen) atoms. The molecule has 6 nitrogen and oxygen atoms in total. The van der Waals surface area contributed by atoms with Gasteiger partial charge in [-0.05, 0) is 12.1 Å². The molecule has 1 amide bonds. The van der Waals surface area contributed by atoms with Crippen LogP contribution in [0.2, 0.25) is 0 Å². The average Bonchev–Trinajstić information content (AvgIpc) is 2.53. The number of anilines is 1. The molecular weight excluding hydrogens is 272 g/mol. The smallest absolute Gasteiger partial charge is 0.243 e. The predicted molar refractivity (Wildman–Crippen MR) is 79.7 cm³/mol. The van der Waals surface area contributed by atoms with Crippen LogP contribution in [0.1, 0.15) is 6.42 Å². The molecule has 1 unspecified atom stereocenters. The van der Waals surface area contributed by atoms with Gasteiger partial charge >= 0.3 is 0 Å². The summed E-state index contributed by atoms with van der Waals surface area (Å²) in [4.78, 5) is 12.1. The minimum atomic E-state index is -0.301. The number of ether oxygens (including phenoxy) is 3. The Morgan fingerprint density at radius 3 is 3.14 bits per heavy atom. The van der Waals surface area contributed by atoms with E-state index in [1.165, 1.54) is 0 Å². The number of amides is 1. The van der Waals surface area contributed by atoms with Crippen molar-refractivity contribution in [1.29, 1.82) is 0 Å². The lowest BCUT2D eigenvalue weighted by Gasteiger charge is -2.23. The van der Waals surface area contributed by atoms with Gasteiger partial charge in [-0.25, -0.2) is 0 Å². The Hall–Kier alpha value is -1.63. The molecule has 2 N–H and O–H groups in total. The fourth-order valence-electron chi connectivity index (χ4n) is 2.02. The number of carbonyl (C=O) groups excluding carboxylic acids is 1. The summed E-state index contributed by atoms with van der Waals surface area (Å²) in [6.45, 7) is 3.00. The van der Waals surface area contributed by atoms with Gasteiger partial charge < -0.3 is 24.8 Å². The molecule has 0 bridgehead atoms. The second-order valence-electron chi connectivity index (χ2n) is 4.79. The van der Waals surface area contributed by atoms with E-state index in [1.807, 2.05) is 24.3 Å². The third-order valence-electron chi connectivity index (χ3n) is 3.10. The molecule has 0 spiro atoms. The minimum absolute atomic E-state index is 0.0915. The zero-order chi connectivity index (χ0) is 14.9. The number of methoxy groups -OCH3 is 1. The molecule has 1 aliphatic rings. The van der Waals surface area contributed by atoms with Gasteiger partial charge in [0, 0.05) is 38.4 Å². The van der Waals surface area contributed by atoms with E-state index in [-0.39, 0.29) is 11.9 Å². The number of benzene rings is 1. The molecule has 0 aromatic heterocycles. The van der Waals surface area contributed by atoms with Crippen molar-refractivity contribution in [3.05, 3.63) is 24.3 Å². The van der Waals surface area contributed by atoms with Gasteiger partial charge in [0.2, 0.25) is 5.91 Å². The van der Waals surface area contributed by atoms with E-state index in [0.717, 1.165) is 17.9 Å². The molecule has 1 saturated heterocycles. The summed E-state index contributed by atoms with van der Waals surface area (Å²) in [5.41, 5.74) is 0.719. The van der Waals surface area contributed by atoms with Crippen LogP contribution in [0.15, 0.2) is 24.3 Å². The first-order valence-corrected chi connectivity index (χ1v) is 7.13. The second-order valence-corrected chi connectivity index (χ2v) is 4.79. The number of morpholine rings is 1. The Morgan fingerprint density at radius 2 is 2.38 bits per heavy atom. The quantitative estimate of drug-likeness (QED) is 0.735. The van der Waals surface area contributed by atoms with E-state index in [1.54, 1.807) is 7.11 Å². The van der Waals surface area contributed by atoms with Gasteiger partial charge in [-0.3, -0.25) is 4.79 Å². The van der Waals surface area contributed by atoms with E-state index in [0.29, 0.717) is 33.0 Å². The van der Waals surface area contributed by atoms with Crippen LogP contribution >= 0.6 is 0 Å². The van der Waals surface area contributed by atoms with Gasteiger partial charge in [0.1, 0.15) is 11.8 Å². The number of hydrogen-bond acceptors (Lipinski definition) is 5. The lowest BCUT2D eigenvalue weighted by molar-refractivity contribution is -0.120. The molecule has 0 saturated carbocycles. The van der Waals surface area contributed by atoms with Crippen LogP contribution in [0.25, 0.3) is 0 Å². The molecule has 1 aliphatic heterocycles. The van der Waals surface area contributed by atoms with Crippen molar-refractivity contribution in [1.82, 2.24) is 5.32 Å². The van der Waals surface area contributed by atoms with E-state index >= 15 is 0 Å². The zero-order valence-electron chi connectivity index (χ0n) is 12.3. The van der Waals surface area contributed by atoms with E-state index in [4.69, 9.17) is 14.2 Å². The SMILES string of the molecule is COCCCOc1cccc(NC(=O)C2COCCN2)c1. The largest absolute Gasteiger partial charge is 0.493 e. The third kappa shape index (κ3) is 5.34. The lowest BCUT2D eigenvalue weighted by atomic mass is 10.2. The standard InChI is InChI=1S/C15H22N2O4/c1-19-7-3-8-21-13-5-2-4-12(10-13)17-15(18)14-11-20-9-6-16-14/h2,4-5,10,14,16H,3,6-9,11H2,1H3,(H,17,18). The summed E-state index contributed by atoms with van der Waals surface area (Å²) in [6.07, 6.45) is 0.830. The Bertz CT molecular complexity index is 447. The van der Waals surface area contributed by atoms with E-state index in [9.17, 15) is 4.79 Å². The van der Waals surface area contributed by atoms with Crippen LogP contribution in [0.3, 0.4) is 0 Å². The molecule has 1 fully saturated rings. The van der Waals surface area contributed by atoms with Crippen LogP contribution in [0.4, 0.5) is 5.69 Å². The fourth-order valence-corrected chi connectivity index (χ4v) is 2.02. The minimum Gasteiger partial charge on any atom is -0.493 e. The third-order valence-corrected chi connectivity index (χ3v) is 3.10. The molecule has 6 heteroatoms. The molecule has 0 aliphatic carbocycles. The average molecular weight is 294 g/mol. The number of rotatable bonds is 7. The van der Waals surface area contributed by atoms with Crippen molar-refractivity contribution in [3.63, 3.8) is 0 Å². The van der Waals surface area contributed by atoms with Gasteiger partial charge in [-0.15, -0.1) is 0 Å². The highest BCUT2D eigenvalue weighted by atomic mass is 16.5. The van der Waals surface area contributed by atoms with E-state index in [2.05, 4.69) is 10.6 Å². The molecule has 1 atom stereocenters. The highest BCUT2D eigenvalue weighted by Crippen LogP contribution is 2.17. The van der Waals surface area contributed by atoms with Gasteiger partial charge in [0.25, 0.3) is 0 Å². The summed E-state index contributed by atoms with van der Waals surface area (Å²) in [7, 11) is 1.67. The van der Waals surface area contributed by atoms with Crippen molar-refractivity contribution >= 4 is 11.6 Å². The highest BCUT2D eigenvalue weighted by Gasteiger charge is 2.21. The maximum atomic E-state index is 12.1. The van der Waals surface area contributed by atoms with E-state index < -0.39 is 0 Å². The number of hydrogen-bond donors (Lipinski definition) is 2. The summed E-state index contributed by atoms with van der Waals surface area (Å²) < 4.78 is 15.9. The second kappa shape index (κ2) is 8.61. The van der Waals surface area contributed by atoms with Crippen molar-refractivity contribution in [3.8, 4) is 5.75 Å². The molecule has 1 aromatic rings. The first kappa shape index (κ1) is 15.8. The Kier molecular flexibility index (Phi) is 6.46. The molecule has 1 heterocycles. The first-order chi connectivity index (χ1) is 10.3. The van der Waals surface area contributed by atoms with Gasteiger partial charge in [-0.1, -0.05) is 6.07 Å². The topological polar surface area (TPSA) is 68.8 Å². The molecule has 0 radical (unpaired) electrons. The maximum absolute atomic E-state index is 12.1. The van der Waals surface area contributed by atoms with Crippen LogP contribution in [0, 0.1) is 0 Å². The zero-order valence-corrected chi connectivity index (χ0v) is 12.3. The Balaban J connectivity index is 1.83. The van der Waals surface area contributed by atoms with Gasteiger partial charge in [-0.2, -0.15) is 0 Å². The Morgan fingerprint density at radius 1 is 1.48 bits per heavy atom. The Labute approximate surface area is 124 Å². The van der Waals surface area contributed by atoms with Crippen LogP contribution in [-0.2, 0) is 14.3 Å². The molecule has 2 rings (SSSR count). The van der Waals surface area contributed by atoms with Gasteiger partial charge in [0.05, 0.1) is 19.8 Å². The maximum Gasteiger partial charge on any atom is 0.243 e. The van der Waals surface area contributed by atoms with Gasteiger partial charge in [0.15, 0.2) is 0 Å². The van der Waals surface area contributed by atoms with Crippen molar-refractivity contribution in [2.75, 3.05) is 45.4 Å². The highest BCUT2D eigenvalue weighted by molar-refractivity contribution is 5.95.